The Kier molecular flexibility index (Phi) is 5.79. The monoisotopic (exact) mass is 458 g/mol. The van der Waals surface area contributed by atoms with Crippen LogP contribution in [0.4, 0.5) is 0 Å². The van der Waals surface area contributed by atoms with Gasteiger partial charge >= 0.3 is 5.97 Å². The van der Waals surface area contributed by atoms with E-state index in [0.717, 1.165) is 28.3 Å². The van der Waals surface area contributed by atoms with Crippen molar-refractivity contribution in [2.45, 2.75) is 32.0 Å². The number of carbonyl (C=O) groups excluding carboxylic acids is 2. The van der Waals surface area contributed by atoms with E-state index in [4.69, 9.17) is 4.74 Å². The molecule has 2 amide bonds. The predicted octanol–water partition coefficient (Wildman–Crippen LogP) is 3.53. The summed E-state index contributed by atoms with van der Waals surface area (Å²) in [5, 5.41) is 14.8. The lowest BCUT2D eigenvalue weighted by molar-refractivity contribution is -0.146. The lowest BCUT2D eigenvalue weighted by Gasteiger charge is -2.22. The van der Waals surface area contributed by atoms with Gasteiger partial charge in [-0.2, -0.15) is 0 Å². The molecule has 5 rings (SSSR count). The molecule has 7 heteroatoms. The number of carboxylic acids is 1. The van der Waals surface area contributed by atoms with Gasteiger partial charge in [-0.1, -0.05) is 61.5 Å². The van der Waals surface area contributed by atoms with Gasteiger partial charge in [-0.3, -0.25) is 24.6 Å². The maximum Gasteiger partial charge on any atom is 0.321 e. The van der Waals surface area contributed by atoms with E-state index in [0.29, 0.717) is 12.4 Å². The smallest absolute Gasteiger partial charge is 0.321 e. The predicted molar refractivity (Wildman–Crippen MR) is 126 cm³/mol. The summed E-state index contributed by atoms with van der Waals surface area (Å²) in [6.45, 7) is 2.74. The third-order valence-corrected chi connectivity index (χ3v) is 6.75. The molecule has 2 saturated heterocycles. The number of fused-ring (bicyclic) bond motifs is 2. The molecule has 7 nitrogen and oxygen atoms in total. The van der Waals surface area contributed by atoms with Crippen molar-refractivity contribution >= 4 is 28.6 Å². The number of likely N-dealkylation sites (tertiary alicyclic amines) is 1. The highest BCUT2D eigenvalue weighted by Gasteiger charge is 2.60. The quantitative estimate of drug-likeness (QED) is 0.526. The number of carboxylic acid groups (broad SMARTS) is 1. The van der Waals surface area contributed by atoms with Gasteiger partial charge < -0.3 is 9.84 Å². The van der Waals surface area contributed by atoms with Crippen molar-refractivity contribution in [3.63, 3.8) is 0 Å². The Morgan fingerprint density at radius 3 is 2.41 bits per heavy atom. The summed E-state index contributed by atoms with van der Waals surface area (Å²) < 4.78 is 5.63. The van der Waals surface area contributed by atoms with Gasteiger partial charge in [0.05, 0.1) is 25.0 Å². The standard InChI is InChI=1S/C27H26N2O5/c1-2-14-34-19-12-10-17(11-13-19)23-21-22(24(28-23)27(32)33)26(31)29(25(21)30)15-18-8-5-7-16-6-3-4-9-20(16)18/h3-13,21-24,28H,2,14-15H2,1H3,(H,32,33). The summed E-state index contributed by atoms with van der Waals surface area (Å²) >= 11 is 0. The minimum atomic E-state index is -1.13. The Morgan fingerprint density at radius 2 is 1.68 bits per heavy atom. The Balaban J connectivity index is 1.46. The highest BCUT2D eigenvalue weighted by molar-refractivity contribution is 6.08. The molecule has 2 N–H and O–H groups in total. The molecule has 0 spiro atoms. The zero-order valence-electron chi connectivity index (χ0n) is 18.8. The zero-order valence-corrected chi connectivity index (χ0v) is 18.8. The Morgan fingerprint density at radius 1 is 0.971 bits per heavy atom. The molecule has 0 bridgehead atoms. The van der Waals surface area contributed by atoms with Crippen molar-refractivity contribution in [1.82, 2.24) is 10.2 Å². The van der Waals surface area contributed by atoms with Gasteiger partial charge in [-0.05, 0) is 40.5 Å². The number of aliphatic carboxylic acids is 1. The number of nitrogens with one attached hydrogen (secondary N) is 1. The number of nitrogens with zero attached hydrogens (tertiary/aromatic N) is 1. The van der Waals surface area contributed by atoms with Crippen LogP contribution in [0.3, 0.4) is 0 Å². The van der Waals surface area contributed by atoms with Crippen LogP contribution in [-0.2, 0) is 20.9 Å². The van der Waals surface area contributed by atoms with Gasteiger partial charge in [0.2, 0.25) is 11.8 Å². The molecule has 3 aromatic rings. The number of carbonyl (C=O) groups is 3. The number of rotatable bonds is 7. The maximum absolute atomic E-state index is 13.5. The van der Waals surface area contributed by atoms with Crippen LogP contribution in [0.5, 0.6) is 5.75 Å². The van der Waals surface area contributed by atoms with E-state index >= 15 is 0 Å². The third kappa shape index (κ3) is 3.72. The van der Waals surface area contributed by atoms with Crippen molar-refractivity contribution < 1.29 is 24.2 Å². The fourth-order valence-electron chi connectivity index (χ4n) is 5.15. The van der Waals surface area contributed by atoms with Gasteiger partial charge in [0.25, 0.3) is 0 Å². The fourth-order valence-corrected chi connectivity index (χ4v) is 5.15. The molecular weight excluding hydrogens is 432 g/mol. The van der Waals surface area contributed by atoms with E-state index in [9.17, 15) is 19.5 Å². The van der Waals surface area contributed by atoms with Crippen LogP contribution in [0.15, 0.2) is 66.7 Å². The van der Waals surface area contributed by atoms with Gasteiger partial charge in [-0.15, -0.1) is 0 Å². The summed E-state index contributed by atoms with van der Waals surface area (Å²) in [7, 11) is 0. The molecule has 0 aliphatic carbocycles. The molecule has 2 aliphatic heterocycles. The molecule has 2 fully saturated rings. The van der Waals surface area contributed by atoms with Crippen LogP contribution >= 0.6 is 0 Å². The van der Waals surface area contributed by atoms with Crippen LogP contribution in [0, 0.1) is 11.8 Å². The number of ether oxygens (including phenoxy) is 1. The molecule has 34 heavy (non-hydrogen) atoms. The maximum atomic E-state index is 13.5. The number of amides is 2. The fraction of sp³-hybridized carbons (Fsp3) is 0.296. The first-order valence-electron chi connectivity index (χ1n) is 11.5. The van der Waals surface area contributed by atoms with Crippen LogP contribution in [0.2, 0.25) is 0 Å². The molecule has 174 valence electrons. The highest BCUT2D eigenvalue weighted by Crippen LogP contribution is 2.44. The summed E-state index contributed by atoms with van der Waals surface area (Å²) in [6.07, 6.45) is 0.888. The topological polar surface area (TPSA) is 95.9 Å². The molecule has 0 aromatic heterocycles. The average Bonchev–Trinajstić information content (AvgIpc) is 3.36. The summed E-state index contributed by atoms with van der Waals surface area (Å²) in [4.78, 5) is 40.2. The van der Waals surface area contributed by atoms with E-state index in [2.05, 4.69) is 5.32 Å². The highest BCUT2D eigenvalue weighted by atomic mass is 16.5. The molecule has 4 atom stereocenters. The Labute approximate surface area is 197 Å². The number of hydrogen-bond acceptors (Lipinski definition) is 5. The molecule has 3 aromatic carbocycles. The summed E-state index contributed by atoms with van der Waals surface area (Å²) in [5.74, 6) is -2.91. The number of benzene rings is 3. The molecule has 2 heterocycles. The van der Waals surface area contributed by atoms with Crippen molar-refractivity contribution in [1.29, 1.82) is 0 Å². The van der Waals surface area contributed by atoms with Crippen molar-refractivity contribution in [2.24, 2.45) is 11.8 Å². The first-order chi connectivity index (χ1) is 16.5. The van der Waals surface area contributed by atoms with E-state index in [1.165, 1.54) is 4.90 Å². The Bertz CT molecular complexity index is 1250. The zero-order chi connectivity index (χ0) is 23.8. The second kappa shape index (κ2) is 8.91. The molecule has 0 saturated carbocycles. The molecule has 0 radical (unpaired) electrons. The van der Waals surface area contributed by atoms with Crippen LogP contribution in [0.25, 0.3) is 10.8 Å². The number of imide groups is 1. The van der Waals surface area contributed by atoms with Gasteiger partial charge in [0, 0.05) is 6.04 Å². The van der Waals surface area contributed by atoms with Crippen molar-refractivity contribution in [2.75, 3.05) is 6.61 Å². The van der Waals surface area contributed by atoms with Crippen molar-refractivity contribution in [3.8, 4) is 5.75 Å². The summed E-state index contributed by atoms with van der Waals surface area (Å²) in [6, 6.07) is 19.2. The second-order valence-electron chi connectivity index (χ2n) is 8.83. The average molecular weight is 459 g/mol. The van der Waals surface area contributed by atoms with Crippen LogP contribution in [-0.4, -0.2) is 40.4 Å². The van der Waals surface area contributed by atoms with E-state index < -0.39 is 35.8 Å². The number of hydrogen-bond donors (Lipinski definition) is 2. The SMILES string of the molecule is CCCOc1ccc(C2NC(C(=O)O)C3C(=O)N(Cc4cccc5ccccc45)C(=O)C23)cc1. The Hall–Kier alpha value is -3.71. The van der Waals surface area contributed by atoms with E-state index in [1.54, 1.807) is 0 Å². The first-order valence-corrected chi connectivity index (χ1v) is 11.5. The summed E-state index contributed by atoms with van der Waals surface area (Å²) in [5.41, 5.74) is 1.62. The normalized spacial score (nSPS) is 24.0. The third-order valence-electron chi connectivity index (χ3n) is 6.75. The van der Waals surface area contributed by atoms with Crippen molar-refractivity contribution in [3.05, 3.63) is 77.9 Å². The molecule has 4 unspecified atom stereocenters. The van der Waals surface area contributed by atoms with Gasteiger partial charge in [-0.25, -0.2) is 0 Å². The van der Waals surface area contributed by atoms with E-state index in [-0.39, 0.29) is 12.5 Å². The minimum Gasteiger partial charge on any atom is -0.494 e. The van der Waals surface area contributed by atoms with Gasteiger partial charge in [0.15, 0.2) is 0 Å². The second-order valence-corrected chi connectivity index (χ2v) is 8.83. The van der Waals surface area contributed by atoms with Gasteiger partial charge in [0.1, 0.15) is 11.8 Å². The first kappa shape index (κ1) is 22.1. The van der Waals surface area contributed by atoms with E-state index in [1.807, 2.05) is 73.7 Å². The molecule has 2 aliphatic rings. The minimum absolute atomic E-state index is 0.120. The largest absolute Gasteiger partial charge is 0.494 e. The van der Waals surface area contributed by atoms with Crippen LogP contribution < -0.4 is 10.1 Å². The molecular formula is C27H26N2O5. The van der Waals surface area contributed by atoms with Crippen LogP contribution in [0.1, 0.15) is 30.5 Å². The lowest BCUT2D eigenvalue weighted by Crippen LogP contribution is -2.42. The lowest BCUT2D eigenvalue weighted by atomic mass is 9.86.